The van der Waals surface area contributed by atoms with Crippen LogP contribution >= 0.6 is 0 Å². The lowest BCUT2D eigenvalue weighted by molar-refractivity contribution is 0.0941. The van der Waals surface area contributed by atoms with E-state index in [4.69, 9.17) is 9.15 Å². The molecular formula is C17H17N3O3. The first-order valence-electron chi connectivity index (χ1n) is 7.25. The number of carbonyl (C=O) groups is 1. The van der Waals surface area contributed by atoms with Gasteiger partial charge in [0.2, 0.25) is 0 Å². The minimum atomic E-state index is -0.254. The van der Waals surface area contributed by atoms with Crippen molar-refractivity contribution in [3.8, 4) is 5.75 Å². The van der Waals surface area contributed by atoms with E-state index >= 15 is 0 Å². The highest BCUT2D eigenvalue weighted by Crippen LogP contribution is 2.16. The van der Waals surface area contributed by atoms with Crippen LogP contribution in [0.3, 0.4) is 0 Å². The van der Waals surface area contributed by atoms with E-state index in [0.29, 0.717) is 18.0 Å². The highest BCUT2D eigenvalue weighted by atomic mass is 16.5. The lowest BCUT2D eigenvalue weighted by Gasteiger charge is -2.08. The van der Waals surface area contributed by atoms with E-state index in [9.17, 15) is 4.79 Å². The van der Waals surface area contributed by atoms with Crippen LogP contribution in [-0.2, 0) is 13.3 Å². The Hall–Kier alpha value is -3.02. The number of nitrogens with zero attached hydrogens (tertiary/aromatic N) is 2. The summed E-state index contributed by atoms with van der Waals surface area (Å²) >= 11 is 0. The van der Waals surface area contributed by atoms with Crippen LogP contribution < -0.4 is 10.1 Å². The third kappa shape index (κ3) is 3.79. The molecule has 1 N–H and O–H groups in total. The lowest BCUT2D eigenvalue weighted by Crippen LogP contribution is -2.23. The van der Waals surface area contributed by atoms with E-state index in [1.807, 2.05) is 31.2 Å². The van der Waals surface area contributed by atoms with Crippen LogP contribution in [-0.4, -0.2) is 15.7 Å². The van der Waals surface area contributed by atoms with Crippen molar-refractivity contribution in [2.24, 2.45) is 0 Å². The van der Waals surface area contributed by atoms with Gasteiger partial charge in [0.15, 0.2) is 6.73 Å². The Morgan fingerprint density at radius 3 is 2.91 bits per heavy atom. The maximum absolute atomic E-state index is 12.0. The Balaban J connectivity index is 1.55. The van der Waals surface area contributed by atoms with Gasteiger partial charge in [0.25, 0.3) is 5.91 Å². The smallest absolute Gasteiger partial charge is 0.272 e. The first-order chi connectivity index (χ1) is 11.2. The molecule has 0 aliphatic heterocycles. The van der Waals surface area contributed by atoms with E-state index in [1.54, 1.807) is 35.3 Å². The minimum Gasteiger partial charge on any atom is -0.471 e. The van der Waals surface area contributed by atoms with Crippen LogP contribution in [0.15, 0.2) is 59.3 Å². The fraction of sp³-hybridized carbons (Fsp3) is 0.176. The van der Waals surface area contributed by atoms with Crippen LogP contribution in [0.1, 0.15) is 21.8 Å². The van der Waals surface area contributed by atoms with Crippen LogP contribution in [0.5, 0.6) is 5.75 Å². The monoisotopic (exact) mass is 311 g/mol. The molecule has 0 aliphatic carbocycles. The summed E-state index contributed by atoms with van der Waals surface area (Å²) in [6, 6.07) is 13.0. The number of hydrogen-bond acceptors (Lipinski definition) is 4. The van der Waals surface area contributed by atoms with Crippen LogP contribution in [0.2, 0.25) is 0 Å². The molecule has 0 spiro atoms. The molecule has 0 saturated heterocycles. The lowest BCUT2D eigenvalue weighted by atomic mass is 10.2. The SMILES string of the molecule is Cc1ccccc1OCn1ccc(C(=O)NCc2ccco2)n1. The van der Waals surface area contributed by atoms with Crippen molar-refractivity contribution in [2.75, 3.05) is 0 Å². The number of furan rings is 1. The summed E-state index contributed by atoms with van der Waals surface area (Å²) in [7, 11) is 0. The molecule has 23 heavy (non-hydrogen) atoms. The first kappa shape index (κ1) is 14.9. The van der Waals surface area contributed by atoms with Gasteiger partial charge in [-0.2, -0.15) is 5.10 Å². The fourth-order valence-electron chi connectivity index (χ4n) is 2.08. The predicted molar refractivity (Wildman–Crippen MR) is 83.9 cm³/mol. The zero-order chi connectivity index (χ0) is 16.1. The number of aryl methyl sites for hydroxylation is 1. The maximum Gasteiger partial charge on any atom is 0.272 e. The molecule has 2 heterocycles. The van der Waals surface area contributed by atoms with Crippen molar-refractivity contribution < 1.29 is 13.9 Å². The molecule has 0 atom stereocenters. The van der Waals surface area contributed by atoms with E-state index in [1.165, 1.54) is 0 Å². The van der Waals surface area contributed by atoms with Crippen molar-refractivity contribution in [3.63, 3.8) is 0 Å². The third-order valence-corrected chi connectivity index (χ3v) is 3.32. The number of aromatic nitrogens is 2. The summed E-state index contributed by atoms with van der Waals surface area (Å²) in [5.74, 6) is 1.24. The first-order valence-corrected chi connectivity index (χ1v) is 7.25. The number of carbonyl (C=O) groups excluding carboxylic acids is 1. The highest BCUT2D eigenvalue weighted by molar-refractivity contribution is 5.92. The molecule has 3 rings (SSSR count). The Morgan fingerprint density at radius 2 is 2.13 bits per heavy atom. The molecule has 0 unspecified atom stereocenters. The van der Waals surface area contributed by atoms with E-state index in [-0.39, 0.29) is 12.6 Å². The summed E-state index contributed by atoms with van der Waals surface area (Å²) in [5.41, 5.74) is 1.39. The Kier molecular flexibility index (Phi) is 4.42. The average Bonchev–Trinajstić information content (AvgIpc) is 3.23. The van der Waals surface area contributed by atoms with Gasteiger partial charge < -0.3 is 14.5 Å². The number of hydrogen-bond donors (Lipinski definition) is 1. The van der Waals surface area contributed by atoms with E-state index < -0.39 is 0 Å². The second kappa shape index (κ2) is 6.83. The Labute approximate surface area is 133 Å². The van der Waals surface area contributed by atoms with Gasteiger partial charge in [-0.15, -0.1) is 0 Å². The predicted octanol–water partition coefficient (Wildman–Crippen LogP) is 2.75. The summed E-state index contributed by atoms with van der Waals surface area (Å²) in [4.78, 5) is 12.0. The summed E-state index contributed by atoms with van der Waals surface area (Å²) < 4.78 is 12.4. The number of rotatable bonds is 6. The van der Waals surface area contributed by atoms with Crippen LogP contribution in [0.25, 0.3) is 0 Å². The standard InChI is InChI=1S/C17H17N3O3/c1-13-5-2-3-7-16(13)23-12-20-9-8-15(19-20)17(21)18-11-14-6-4-10-22-14/h2-10H,11-12H2,1H3,(H,18,21). The Bertz CT molecular complexity index is 778. The molecule has 0 fully saturated rings. The van der Waals surface area contributed by atoms with Gasteiger partial charge >= 0.3 is 0 Å². The number of nitrogens with one attached hydrogen (secondary N) is 1. The summed E-state index contributed by atoms with van der Waals surface area (Å²) in [5, 5.41) is 6.95. The number of benzene rings is 1. The van der Waals surface area contributed by atoms with Crippen molar-refractivity contribution in [2.45, 2.75) is 20.2 Å². The van der Waals surface area contributed by atoms with Gasteiger partial charge in [-0.05, 0) is 36.8 Å². The topological polar surface area (TPSA) is 69.3 Å². The number of amides is 1. The summed E-state index contributed by atoms with van der Waals surface area (Å²) in [6.07, 6.45) is 3.28. The van der Waals surface area contributed by atoms with Crippen molar-refractivity contribution in [1.82, 2.24) is 15.1 Å². The average molecular weight is 311 g/mol. The largest absolute Gasteiger partial charge is 0.471 e. The maximum atomic E-state index is 12.0. The van der Waals surface area contributed by atoms with Gasteiger partial charge in [0, 0.05) is 6.20 Å². The quantitative estimate of drug-likeness (QED) is 0.760. The van der Waals surface area contributed by atoms with Crippen molar-refractivity contribution >= 4 is 5.91 Å². The molecule has 0 aliphatic rings. The fourth-order valence-corrected chi connectivity index (χ4v) is 2.08. The van der Waals surface area contributed by atoms with Crippen LogP contribution in [0, 0.1) is 6.92 Å². The zero-order valence-corrected chi connectivity index (χ0v) is 12.7. The Morgan fingerprint density at radius 1 is 1.26 bits per heavy atom. The number of ether oxygens (including phenoxy) is 1. The molecule has 1 amide bonds. The molecule has 118 valence electrons. The van der Waals surface area contributed by atoms with Gasteiger partial charge in [0.1, 0.15) is 17.2 Å². The molecule has 3 aromatic rings. The molecule has 6 heteroatoms. The molecule has 1 aromatic carbocycles. The van der Waals surface area contributed by atoms with Crippen LogP contribution in [0.4, 0.5) is 0 Å². The zero-order valence-electron chi connectivity index (χ0n) is 12.7. The molecule has 0 saturated carbocycles. The third-order valence-electron chi connectivity index (χ3n) is 3.32. The second-order valence-electron chi connectivity index (χ2n) is 5.04. The second-order valence-corrected chi connectivity index (χ2v) is 5.04. The molecular weight excluding hydrogens is 294 g/mol. The van der Waals surface area contributed by atoms with Gasteiger partial charge in [-0.3, -0.25) is 4.79 Å². The summed E-state index contributed by atoms with van der Waals surface area (Å²) in [6.45, 7) is 2.56. The molecule has 6 nitrogen and oxygen atoms in total. The minimum absolute atomic E-state index is 0.246. The highest BCUT2D eigenvalue weighted by Gasteiger charge is 2.10. The van der Waals surface area contributed by atoms with Crippen molar-refractivity contribution in [1.29, 1.82) is 0 Å². The molecule has 0 bridgehead atoms. The van der Waals surface area contributed by atoms with Crippen molar-refractivity contribution in [3.05, 3.63) is 71.9 Å². The van der Waals surface area contributed by atoms with Gasteiger partial charge in [-0.25, -0.2) is 4.68 Å². The van der Waals surface area contributed by atoms with E-state index in [0.717, 1.165) is 11.3 Å². The van der Waals surface area contributed by atoms with Gasteiger partial charge in [0.05, 0.1) is 12.8 Å². The normalized spacial score (nSPS) is 10.5. The molecule has 0 radical (unpaired) electrons. The molecule has 2 aromatic heterocycles. The van der Waals surface area contributed by atoms with Gasteiger partial charge in [-0.1, -0.05) is 18.2 Å². The number of para-hydroxylation sites is 1. The van der Waals surface area contributed by atoms with E-state index in [2.05, 4.69) is 10.4 Å².